The summed E-state index contributed by atoms with van der Waals surface area (Å²) in [6.07, 6.45) is 3.72. The van der Waals surface area contributed by atoms with Crippen molar-refractivity contribution in [2.75, 3.05) is 5.32 Å². The van der Waals surface area contributed by atoms with Gasteiger partial charge in [-0.2, -0.15) is 0 Å². The number of pyridine rings is 2. The van der Waals surface area contributed by atoms with Crippen LogP contribution in [-0.2, 0) is 0 Å². The van der Waals surface area contributed by atoms with Gasteiger partial charge < -0.3 is 10.1 Å². The lowest BCUT2D eigenvalue weighted by Gasteiger charge is -2.12. The van der Waals surface area contributed by atoms with E-state index in [0.29, 0.717) is 11.6 Å². The molecular weight excluding hydrogens is 416 g/mol. The Hall–Kier alpha value is -3.43. The van der Waals surface area contributed by atoms with E-state index in [1.807, 2.05) is 77.5 Å². The molecule has 148 valence electrons. The first-order valence-corrected chi connectivity index (χ1v) is 10.8. The Morgan fingerprint density at radius 3 is 2.77 bits per heavy atom. The normalized spacial score (nSPS) is 11.0. The van der Waals surface area contributed by atoms with Gasteiger partial charge in [-0.05, 0) is 43.0 Å². The topological polar surface area (TPSA) is 77.2 Å². The standard InChI is InChI=1S/C21H16N6OS2/c1-14-13-29-20(23-14)24-19-17(28-15-7-3-2-4-8-15)11-16(12-22-19)30-21-26-25-18-9-5-6-10-27(18)21/h2-13H,1H3,(H,22,23,24). The van der Waals surface area contributed by atoms with Gasteiger partial charge in [0, 0.05) is 28.7 Å². The van der Waals surface area contributed by atoms with Crippen LogP contribution in [0.15, 0.2) is 82.4 Å². The number of nitrogens with zero attached hydrogens (tertiary/aromatic N) is 5. The molecule has 4 heterocycles. The molecule has 5 rings (SSSR count). The second kappa shape index (κ2) is 8.13. The third-order valence-corrected chi connectivity index (χ3v) is 5.93. The molecule has 0 atom stereocenters. The van der Waals surface area contributed by atoms with Gasteiger partial charge in [0.15, 0.2) is 27.5 Å². The van der Waals surface area contributed by atoms with Crippen molar-refractivity contribution in [1.82, 2.24) is 24.6 Å². The fraction of sp³-hybridized carbons (Fsp3) is 0.0476. The molecular formula is C21H16N6OS2. The Bertz CT molecular complexity index is 1300. The molecule has 1 N–H and O–H groups in total. The highest BCUT2D eigenvalue weighted by Gasteiger charge is 2.13. The lowest BCUT2D eigenvalue weighted by molar-refractivity contribution is 0.481. The van der Waals surface area contributed by atoms with E-state index < -0.39 is 0 Å². The molecule has 0 saturated heterocycles. The Morgan fingerprint density at radius 1 is 1.07 bits per heavy atom. The van der Waals surface area contributed by atoms with Gasteiger partial charge in [-0.1, -0.05) is 24.3 Å². The predicted octanol–water partition coefficient (Wildman–Crippen LogP) is 5.58. The average molecular weight is 433 g/mol. The van der Waals surface area contributed by atoms with E-state index >= 15 is 0 Å². The molecule has 0 aliphatic heterocycles. The summed E-state index contributed by atoms with van der Waals surface area (Å²) in [5.41, 5.74) is 1.75. The van der Waals surface area contributed by atoms with Crippen LogP contribution < -0.4 is 10.1 Å². The van der Waals surface area contributed by atoms with Crippen LogP contribution in [0.1, 0.15) is 5.69 Å². The molecule has 0 amide bonds. The largest absolute Gasteiger partial charge is 0.453 e. The van der Waals surface area contributed by atoms with Gasteiger partial charge in [0.05, 0.1) is 5.69 Å². The minimum absolute atomic E-state index is 0.601. The zero-order valence-electron chi connectivity index (χ0n) is 15.9. The van der Waals surface area contributed by atoms with Crippen molar-refractivity contribution in [3.8, 4) is 11.5 Å². The number of fused-ring (bicyclic) bond motifs is 1. The first-order chi connectivity index (χ1) is 14.7. The van der Waals surface area contributed by atoms with E-state index in [1.165, 1.54) is 23.1 Å². The molecule has 9 heteroatoms. The van der Waals surface area contributed by atoms with Crippen molar-refractivity contribution in [3.05, 3.63) is 78.1 Å². The number of aryl methyl sites for hydroxylation is 1. The molecule has 5 aromatic rings. The van der Waals surface area contributed by atoms with Gasteiger partial charge >= 0.3 is 0 Å². The van der Waals surface area contributed by atoms with Crippen LogP contribution in [0.25, 0.3) is 5.65 Å². The number of hydrogen-bond donors (Lipinski definition) is 1. The highest BCUT2D eigenvalue weighted by atomic mass is 32.2. The zero-order valence-corrected chi connectivity index (χ0v) is 17.5. The lowest BCUT2D eigenvalue weighted by atomic mass is 10.3. The van der Waals surface area contributed by atoms with Crippen molar-refractivity contribution in [2.24, 2.45) is 0 Å². The minimum Gasteiger partial charge on any atom is -0.453 e. The fourth-order valence-electron chi connectivity index (χ4n) is 2.78. The summed E-state index contributed by atoms with van der Waals surface area (Å²) >= 11 is 3.00. The highest BCUT2D eigenvalue weighted by molar-refractivity contribution is 7.99. The van der Waals surface area contributed by atoms with Crippen molar-refractivity contribution in [2.45, 2.75) is 17.0 Å². The molecule has 0 radical (unpaired) electrons. The van der Waals surface area contributed by atoms with E-state index in [4.69, 9.17) is 4.74 Å². The Labute approximate surface area is 180 Å². The summed E-state index contributed by atoms with van der Waals surface area (Å²) in [4.78, 5) is 9.94. The second-order valence-corrected chi connectivity index (χ2v) is 8.26. The fourth-order valence-corrected chi connectivity index (χ4v) is 4.28. The number of para-hydroxylation sites is 1. The molecule has 0 spiro atoms. The summed E-state index contributed by atoms with van der Waals surface area (Å²) in [7, 11) is 0. The lowest BCUT2D eigenvalue weighted by Crippen LogP contribution is -1.98. The molecule has 0 unspecified atom stereocenters. The molecule has 4 aromatic heterocycles. The zero-order chi connectivity index (χ0) is 20.3. The summed E-state index contributed by atoms with van der Waals surface area (Å²) < 4.78 is 8.07. The molecule has 0 saturated carbocycles. The SMILES string of the molecule is Cc1csc(Nc2ncc(Sc3nnc4ccccn34)cc2Oc2ccccc2)n1. The second-order valence-electron chi connectivity index (χ2n) is 6.37. The quantitative estimate of drug-likeness (QED) is 0.375. The Kier molecular flexibility index (Phi) is 5.04. The van der Waals surface area contributed by atoms with Crippen LogP contribution in [0, 0.1) is 6.92 Å². The number of rotatable bonds is 6. The molecule has 1 aromatic carbocycles. The van der Waals surface area contributed by atoms with Crippen LogP contribution in [0.3, 0.4) is 0 Å². The maximum atomic E-state index is 6.13. The number of nitrogens with one attached hydrogen (secondary N) is 1. The van der Waals surface area contributed by atoms with Crippen LogP contribution in [0.4, 0.5) is 10.9 Å². The Morgan fingerprint density at radius 2 is 1.93 bits per heavy atom. The summed E-state index contributed by atoms with van der Waals surface area (Å²) in [6.45, 7) is 1.96. The van der Waals surface area contributed by atoms with E-state index in [1.54, 1.807) is 6.20 Å². The minimum atomic E-state index is 0.601. The van der Waals surface area contributed by atoms with Gasteiger partial charge in [0.2, 0.25) is 0 Å². The third-order valence-electron chi connectivity index (χ3n) is 4.13. The molecule has 0 aliphatic carbocycles. The molecule has 30 heavy (non-hydrogen) atoms. The average Bonchev–Trinajstić information content (AvgIpc) is 3.37. The smallest absolute Gasteiger partial charge is 0.200 e. The van der Waals surface area contributed by atoms with Crippen LogP contribution >= 0.6 is 23.1 Å². The molecule has 0 bridgehead atoms. The van der Waals surface area contributed by atoms with Gasteiger partial charge in [0.25, 0.3) is 0 Å². The predicted molar refractivity (Wildman–Crippen MR) is 118 cm³/mol. The highest BCUT2D eigenvalue weighted by Crippen LogP contribution is 2.36. The first-order valence-electron chi connectivity index (χ1n) is 9.14. The van der Waals surface area contributed by atoms with E-state index in [-0.39, 0.29) is 0 Å². The number of benzene rings is 1. The summed E-state index contributed by atoms with van der Waals surface area (Å²) in [5.74, 6) is 1.93. The summed E-state index contributed by atoms with van der Waals surface area (Å²) in [6, 6.07) is 17.4. The van der Waals surface area contributed by atoms with Gasteiger partial charge in [-0.15, -0.1) is 21.5 Å². The number of hydrogen-bond acceptors (Lipinski definition) is 8. The summed E-state index contributed by atoms with van der Waals surface area (Å²) in [5, 5.41) is 15.3. The van der Waals surface area contributed by atoms with E-state index in [0.717, 1.165) is 32.3 Å². The number of thiazole rings is 1. The van der Waals surface area contributed by atoms with Crippen molar-refractivity contribution < 1.29 is 4.74 Å². The van der Waals surface area contributed by atoms with Crippen LogP contribution in [0.2, 0.25) is 0 Å². The number of anilines is 2. The van der Waals surface area contributed by atoms with Crippen molar-refractivity contribution in [3.63, 3.8) is 0 Å². The monoisotopic (exact) mass is 432 g/mol. The van der Waals surface area contributed by atoms with Gasteiger partial charge in [0.1, 0.15) is 5.75 Å². The molecule has 0 aliphatic rings. The van der Waals surface area contributed by atoms with E-state index in [2.05, 4.69) is 25.5 Å². The molecule has 0 fully saturated rings. The third kappa shape index (κ3) is 3.98. The Balaban J connectivity index is 1.48. The van der Waals surface area contributed by atoms with Gasteiger partial charge in [-0.3, -0.25) is 4.40 Å². The maximum Gasteiger partial charge on any atom is 0.200 e. The number of ether oxygens (including phenoxy) is 1. The van der Waals surface area contributed by atoms with Crippen molar-refractivity contribution in [1.29, 1.82) is 0 Å². The number of aromatic nitrogens is 5. The first kappa shape index (κ1) is 18.6. The molecule has 7 nitrogen and oxygen atoms in total. The van der Waals surface area contributed by atoms with E-state index in [9.17, 15) is 0 Å². The maximum absolute atomic E-state index is 6.13. The van der Waals surface area contributed by atoms with Crippen molar-refractivity contribution >= 4 is 39.7 Å². The van der Waals surface area contributed by atoms with Crippen LogP contribution in [0.5, 0.6) is 11.5 Å². The van der Waals surface area contributed by atoms with Crippen LogP contribution in [-0.4, -0.2) is 24.6 Å². The van der Waals surface area contributed by atoms with Gasteiger partial charge in [-0.25, -0.2) is 9.97 Å².